The fourth-order valence-corrected chi connectivity index (χ4v) is 5.04. The molecule has 1 aromatic carbocycles. The molecule has 0 saturated carbocycles. The predicted molar refractivity (Wildman–Crippen MR) is 128 cm³/mol. The maximum atomic E-state index is 4.60. The lowest BCUT2D eigenvalue weighted by molar-refractivity contribution is 0.0372. The molecule has 2 atom stereocenters. The van der Waals surface area contributed by atoms with Crippen LogP contribution in [-0.4, -0.2) is 67.6 Å². The minimum atomic E-state index is 0.686. The fraction of sp³-hybridized carbons (Fsp3) is 0.520. The highest BCUT2D eigenvalue weighted by Gasteiger charge is 2.36. The molecule has 4 rings (SSSR count). The molecule has 2 fully saturated rings. The highest BCUT2D eigenvalue weighted by Crippen LogP contribution is 2.31. The Hall–Kier alpha value is -2.60. The van der Waals surface area contributed by atoms with Crippen LogP contribution in [0.3, 0.4) is 0 Å². The molecule has 2 aliphatic heterocycles. The van der Waals surface area contributed by atoms with Crippen LogP contribution in [0.15, 0.2) is 53.7 Å². The molecule has 6 heteroatoms. The lowest BCUT2D eigenvalue weighted by atomic mass is 9.83. The molecule has 0 aliphatic carbocycles. The first kappa shape index (κ1) is 21.6. The number of piperidine rings is 2. The number of benzene rings is 1. The third-order valence-electron chi connectivity index (χ3n) is 6.64. The molecule has 2 unspecified atom stereocenters. The topological polar surface area (TPSA) is 47.0 Å². The van der Waals surface area contributed by atoms with Gasteiger partial charge in [0.1, 0.15) is 5.82 Å². The third kappa shape index (κ3) is 5.37. The summed E-state index contributed by atoms with van der Waals surface area (Å²) in [6, 6.07) is 15.8. The monoisotopic (exact) mass is 420 g/mol. The van der Waals surface area contributed by atoms with E-state index in [1.165, 1.54) is 36.9 Å². The molecular weight excluding hydrogens is 384 g/mol. The Bertz CT molecular complexity index is 865. The van der Waals surface area contributed by atoms with Crippen molar-refractivity contribution in [2.75, 3.05) is 45.7 Å². The second-order valence-corrected chi connectivity index (χ2v) is 8.98. The quantitative estimate of drug-likeness (QED) is 0.595. The summed E-state index contributed by atoms with van der Waals surface area (Å²) in [6.07, 6.45) is 5.69. The van der Waals surface area contributed by atoms with Crippen molar-refractivity contribution in [3.05, 3.63) is 59.8 Å². The van der Waals surface area contributed by atoms with Crippen LogP contribution < -0.4 is 10.2 Å². The van der Waals surface area contributed by atoms with Gasteiger partial charge in [0.25, 0.3) is 0 Å². The van der Waals surface area contributed by atoms with Crippen molar-refractivity contribution in [2.45, 2.75) is 38.4 Å². The Morgan fingerprint density at radius 2 is 1.97 bits per heavy atom. The number of aliphatic imine (C=N–C) groups is 1. The van der Waals surface area contributed by atoms with E-state index in [4.69, 9.17) is 0 Å². The number of pyridine rings is 1. The molecule has 2 aromatic rings. The summed E-state index contributed by atoms with van der Waals surface area (Å²) in [6.45, 7) is 5.21. The minimum absolute atomic E-state index is 0.686. The molecule has 2 saturated heterocycles. The van der Waals surface area contributed by atoms with E-state index in [0.29, 0.717) is 12.0 Å². The van der Waals surface area contributed by atoms with Crippen molar-refractivity contribution < 1.29 is 0 Å². The number of anilines is 1. The van der Waals surface area contributed by atoms with Crippen LogP contribution in [-0.2, 0) is 13.1 Å². The van der Waals surface area contributed by atoms with Gasteiger partial charge in [0.15, 0.2) is 5.96 Å². The van der Waals surface area contributed by atoms with E-state index in [1.807, 2.05) is 32.2 Å². The van der Waals surface area contributed by atoms with E-state index < -0.39 is 0 Å². The van der Waals surface area contributed by atoms with E-state index in [0.717, 1.165) is 38.0 Å². The normalized spacial score (nSPS) is 22.2. The van der Waals surface area contributed by atoms with Crippen molar-refractivity contribution in [3.63, 3.8) is 0 Å². The fourth-order valence-electron chi connectivity index (χ4n) is 5.04. The molecule has 166 valence electrons. The van der Waals surface area contributed by atoms with Gasteiger partial charge in [0.05, 0.1) is 0 Å². The standard InChI is InChI=1S/C25H36N6/c1-26-25(28-17-21-11-13-27-24(16-21)29(2)3)31-15-12-23-22(19-31)10-7-14-30(23)18-20-8-5-4-6-9-20/h4-6,8-9,11,13,16,22-23H,7,10,12,14-15,17-19H2,1-3H3,(H,26,28). The lowest BCUT2D eigenvalue weighted by Gasteiger charge is -2.48. The number of hydrogen-bond donors (Lipinski definition) is 1. The van der Waals surface area contributed by atoms with Crippen LogP contribution in [0.25, 0.3) is 0 Å². The average Bonchev–Trinajstić information content (AvgIpc) is 2.80. The Balaban J connectivity index is 1.35. The van der Waals surface area contributed by atoms with Gasteiger partial charge in [-0.1, -0.05) is 30.3 Å². The zero-order valence-electron chi connectivity index (χ0n) is 19.2. The van der Waals surface area contributed by atoms with Gasteiger partial charge < -0.3 is 15.1 Å². The number of nitrogens with one attached hydrogen (secondary N) is 1. The van der Waals surface area contributed by atoms with Gasteiger partial charge in [-0.05, 0) is 55.0 Å². The van der Waals surface area contributed by atoms with E-state index in [2.05, 4.69) is 67.6 Å². The van der Waals surface area contributed by atoms with Crippen molar-refractivity contribution in [1.82, 2.24) is 20.1 Å². The first-order valence-electron chi connectivity index (χ1n) is 11.5. The summed E-state index contributed by atoms with van der Waals surface area (Å²) in [5.74, 6) is 2.71. The molecule has 0 spiro atoms. The second-order valence-electron chi connectivity index (χ2n) is 8.98. The Morgan fingerprint density at radius 1 is 1.13 bits per heavy atom. The maximum Gasteiger partial charge on any atom is 0.193 e. The van der Waals surface area contributed by atoms with Gasteiger partial charge in [0.2, 0.25) is 0 Å². The number of likely N-dealkylation sites (tertiary alicyclic amines) is 2. The SMILES string of the molecule is CN=C(NCc1ccnc(N(C)C)c1)N1CCC2C(CCCN2Cc2ccccc2)C1. The molecule has 3 heterocycles. The summed E-state index contributed by atoms with van der Waals surface area (Å²) < 4.78 is 0. The number of rotatable bonds is 5. The number of nitrogens with zero attached hydrogens (tertiary/aromatic N) is 5. The van der Waals surface area contributed by atoms with Crippen molar-refractivity contribution in [3.8, 4) is 0 Å². The summed E-state index contributed by atoms with van der Waals surface area (Å²) >= 11 is 0. The number of fused-ring (bicyclic) bond motifs is 1. The Labute approximate surface area is 187 Å². The number of hydrogen-bond acceptors (Lipinski definition) is 4. The minimum Gasteiger partial charge on any atom is -0.363 e. The summed E-state index contributed by atoms with van der Waals surface area (Å²) in [7, 11) is 5.94. The van der Waals surface area contributed by atoms with Crippen LogP contribution in [0, 0.1) is 5.92 Å². The predicted octanol–water partition coefficient (Wildman–Crippen LogP) is 3.21. The van der Waals surface area contributed by atoms with Crippen LogP contribution in [0.5, 0.6) is 0 Å². The van der Waals surface area contributed by atoms with Gasteiger partial charge in [-0.25, -0.2) is 4.98 Å². The van der Waals surface area contributed by atoms with Crippen LogP contribution >= 0.6 is 0 Å². The van der Waals surface area contributed by atoms with E-state index in [9.17, 15) is 0 Å². The van der Waals surface area contributed by atoms with Gasteiger partial charge in [-0.3, -0.25) is 9.89 Å². The zero-order valence-corrected chi connectivity index (χ0v) is 19.2. The zero-order chi connectivity index (χ0) is 21.6. The smallest absolute Gasteiger partial charge is 0.193 e. The third-order valence-corrected chi connectivity index (χ3v) is 6.64. The van der Waals surface area contributed by atoms with Crippen molar-refractivity contribution >= 4 is 11.8 Å². The lowest BCUT2D eigenvalue weighted by Crippen LogP contribution is -2.56. The van der Waals surface area contributed by atoms with Crippen molar-refractivity contribution in [1.29, 1.82) is 0 Å². The van der Waals surface area contributed by atoms with E-state index in [1.54, 1.807) is 0 Å². The van der Waals surface area contributed by atoms with Gasteiger partial charge in [0, 0.05) is 59.6 Å². The maximum absolute atomic E-state index is 4.60. The highest BCUT2D eigenvalue weighted by atomic mass is 15.3. The van der Waals surface area contributed by atoms with Crippen molar-refractivity contribution in [2.24, 2.45) is 10.9 Å². The number of aromatic nitrogens is 1. The van der Waals surface area contributed by atoms with E-state index in [-0.39, 0.29) is 0 Å². The average molecular weight is 421 g/mol. The van der Waals surface area contributed by atoms with E-state index >= 15 is 0 Å². The highest BCUT2D eigenvalue weighted by molar-refractivity contribution is 5.80. The molecule has 6 nitrogen and oxygen atoms in total. The molecule has 0 amide bonds. The molecule has 0 bridgehead atoms. The van der Waals surface area contributed by atoms with Crippen LogP contribution in [0.2, 0.25) is 0 Å². The summed E-state index contributed by atoms with van der Waals surface area (Å²) in [5, 5.41) is 3.58. The largest absolute Gasteiger partial charge is 0.363 e. The van der Waals surface area contributed by atoms with Crippen LogP contribution in [0.1, 0.15) is 30.4 Å². The summed E-state index contributed by atoms with van der Waals surface area (Å²) in [5.41, 5.74) is 2.65. The van der Waals surface area contributed by atoms with Gasteiger partial charge in [-0.15, -0.1) is 0 Å². The second kappa shape index (κ2) is 10.1. The molecule has 1 aromatic heterocycles. The van der Waals surface area contributed by atoms with Gasteiger partial charge in [-0.2, -0.15) is 0 Å². The first-order valence-corrected chi connectivity index (χ1v) is 11.5. The first-order chi connectivity index (χ1) is 15.1. The van der Waals surface area contributed by atoms with Crippen LogP contribution in [0.4, 0.5) is 5.82 Å². The van der Waals surface area contributed by atoms with Gasteiger partial charge >= 0.3 is 0 Å². The molecule has 2 aliphatic rings. The summed E-state index contributed by atoms with van der Waals surface area (Å²) in [4.78, 5) is 16.2. The molecule has 0 radical (unpaired) electrons. The Kier molecular flexibility index (Phi) is 7.07. The number of guanidine groups is 1. The molecule has 31 heavy (non-hydrogen) atoms. The molecular formula is C25H36N6. The molecule has 1 N–H and O–H groups in total. The Morgan fingerprint density at radius 3 is 2.74 bits per heavy atom.